The highest BCUT2D eigenvalue weighted by atomic mass is 32.1. The molecule has 2 rings (SSSR count). The lowest BCUT2D eigenvalue weighted by Gasteiger charge is -2.03. The quantitative estimate of drug-likeness (QED) is 0.655. The maximum Gasteiger partial charge on any atom is 0.162 e. The molecule has 0 atom stereocenters. The molecule has 0 unspecified atom stereocenters. The Morgan fingerprint density at radius 2 is 1.89 bits per heavy atom. The van der Waals surface area contributed by atoms with Crippen molar-refractivity contribution in [3.05, 3.63) is 57.8 Å². The number of thiophene rings is 1. The van der Waals surface area contributed by atoms with Gasteiger partial charge in [-0.25, -0.2) is 0 Å². The van der Waals surface area contributed by atoms with Crippen LogP contribution in [0.15, 0.2) is 41.8 Å². The van der Waals surface area contributed by atoms with E-state index in [4.69, 9.17) is 0 Å². The second-order valence-electron chi connectivity index (χ2n) is 4.80. The van der Waals surface area contributed by atoms with E-state index in [1.54, 1.807) is 11.3 Å². The van der Waals surface area contributed by atoms with Crippen LogP contribution >= 0.6 is 11.3 Å². The number of benzene rings is 1. The minimum atomic E-state index is 0.264. The van der Waals surface area contributed by atoms with E-state index in [9.17, 15) is 4.79 Å². The lowest BCUT2D eigenvalue weighted by atomic mass is 10.0. The van der Waals surface area contributed by atoms with Gasteiger partial charge in [0.25, 0.3) is 0 Å². The maximum atomic E-state index is 12.0. The third kappa shape index (κ3) is 4.32. The van der Waals surface area contributed by atoms with E-state index in [1.165, 1.54) is 10.4 Å². The number of rotatable bonds is 7. The van der Waals surface area contributed by atoms with Crippen LogP contribution in [-0.2, 0) is 12.8 Å². The lowest BCUT2D eigenvalue weighted by Crippen LogP contribution is -2.00. The van der Waals surface area contributed by atoms with Gasteiger partial charge in [-0.2, -0.15) is 0 Å². The van der Waals surface area contributed by atoms with Crippen LogP contribution in [0.3, 0.4) is 0 Å². The molecule has 1 nitrogen and oxygen atoms in total. The number of hydrogen-bond acceptors (Lipinski definition) is 2. The molecule has 1 heterocycles. The third-order valence-corrected chi connectivity index (χ3v) is 4.16. The van der Waals surface area contributed by atoms with E-state index in [-0.39, 0.29) is 5.78 Å². The Balaban J connectivity index is 1.82. The molecular formula is C17H20OS. The van der Waals surface area contributed by atoms with Gasteiger partial charge in [0.15, 0.2) is 5.78 Å². The molecule has 0 aliphatic rings. The number of carbonyl (C=O) groups excluding carboxylic acids is 1. The Kier molecular flexibility index (Phi) is 5.34. The molecule has 0 amide bonds. The van der Waals surface area contributed by atoms with Crippen LogP contribution in [0.2, 0.25) is 0 Å². The second-order valence-corrected chi connectivity index (χ2v) is 5.84. The highest BCUT2D eigenvalue weighted by molar-refractivity contribution is 7.09. The maximum absolute atomic E-state index is 12.0. The minimum Gasteiger partial charge on any atom is -0.294 e. The molecule has 0 radical (unpaired) electrons. The van der Waals surface area contributed by atoms with Gasteiger partial charge in [0, 0.05) is 16.9 Å². The predicted octanol–water partition coefficient (Wildman–Crippen LogP) is 4.91. The molecule has 2 aromatic rings. The molecule has 0 fully saturated rings. The van der Waals surface area contributed by atoms with Crippen molar-refractivity contribution < 1.29 is 4.79 Å². The van der Waals surface area contributed by atoms with E-state index in [0.717, 1.165) is 31.2 Å². The summed E-state index contributed by atoms with van der Waals surface area (Å²) in [5.41, 5.74) is 2.17. The first kappa shape index (κ1) is 14.0. The fraction of sp³-hybridized carbons (Fsp3) is 0.353. The van der Waals surface area contributed by atoms with Crippen LogP contribution in [0.25, 0.3) is 0 Å². The van der Waals surface area contributed by atoms with Gasteiger partial charge in [0.1, 0.15) is 0 Å². The smallest absolute Gasteiger partial charge is 0.162 e. The van der Waals surface area contributed by atoms with Crippen LogP contribution in [0.5, 0.6) is 0 Å². The molecule has 0 spiro atoms. The molecule has 1 aromatic carbocycles. The Morgan fingerprint density at radius 1 is 1.11 bits per heavy atom. The molecule has 0 aliphatic carbocycles. The first-order chi connectivity index (χ1) is 9.29. The number of Topliss-reactive ketones (excluding diaryl/α,β-unsaturated/α-hetero) is 1. The van der Waals surface area contributed by atoms with Crippen molar-refractivity contribution in [2.75, 3.05) is 0 Å². The van der Waals surface area contributed by atoms with Gasteiger partial charge in [-0.3, -0.25) is 4.79 Å². The van der Waals surface area contributed by atoms with Crippen LogP contribution in [-0.4, -0.2) is 5.78 Å². The average molecular weight is 272 g/mol. The van der Waals surface area contributed by atoms with Gasteiger partial charge in [0.05, 0.1) is 0 Å². The standard InChI is InChI=1S/C17H20OS/c1-2-5-14-9-11-15(12-10-14)17(18)8-3-6-16-7-4-13-19-16/h4,7,9-13H,2-3,5-6,8H2,1H3. The van der Waals surface area contributed by atoms with Crippen molar-refractivity contribution in [2.24, 2.45) is 0 Å². The lowest BCUT2D eigenvalue weighted by molar-refractivity contribution is 0.0980. The molecule has 0 N–H and O–H groups in total. The summed E-state index contributed by atoms with van der Waals surface area (Å²) >= 11 is 1.77. The van der Waals surface area contributed by atoms with Crippen LogP contribution in [0.4, 0.5) is 0 Å². The zero-order chi connectivity index (χ0) is 13.5. The third-order valence-electron chi connectivity index (χ3n) is 3.22. The first-order valence-electron chi connectivity index (χ1n) is 6.94. The Labute approximate surface area is 119 Å². The molecular weight excluding hydrogens is 252 g/mol. The zero-order valence-corrected chi connectivity index (χ0v) is 12.2. The van der Waals surface area contributed by atoms with Crippen molar-refractivity contribution >= 4 is 17.1 Å². The summed E-state index contributed by atoms with van der Waals surface area (Å²) in [7, 11) is 0. The second kappa shape index (κ2) is 7.25. The molecule has 1 aromatic heterocycles. The zero-order valence-electron chi connectivity index (χ0n) is 11.4. The highest BCUT2D eigenvalue weighted by Crippen LogP contribution is 2.14. The van der Waals surface area contributed by atoms with Crippen LogP contribution in [0, 0.1) is 0 Å². The highest BCUT2D eigenvalue weighted by Gasteiger charge is 2.06. The van der Waals surface area contributed by atoms with Gasteiger partial charge < -0.3 is 0 Å². The molecule has 19 heavy (non-hydrogen) atoms. The summed E-state index contributed by atoms with van der Waals surface area (Å²) in [5.74, 6) is 0.264. The van der Waals surface area contributed by atoms with Crippen molar-refractivity contribution in [1.82, 2.24) is 0 Å². The van der Waals surface area contributed by atoms with E-state index in [0.29, 0.717) is 6.42 Å². The van der Waals surface area contributed by atoms with Crippen LogP contribution < -0.4 is 0 Å². The SMILES string of the molecule is CCCc1ccc(C(=O)CCCc2cccs2)cc1. The predicted molar refractivity (Wildman–Crippen MR) is 82.0 cm³/mol. The molecule has 0 saturated heterocycles. The van der Waals surface area contributed by atoms with E-state index >= 15 is 0 Å². The largest absolute Gasteiger partial charge is 0.294 e. The summed E-state index contributed by atoms with van der Waals surface area (Å²) in [6.07, 6.45) is 4.83. The van der Waals surface area contributed by atoms with Crippen molar-refractivity contribution in [3.63, 3.8) is 0 Å². The summed E-state index contributed by atoms with van der Waals surface area (Å²) in [6.45, 7) is 2.17. The van der Waals surface area contributed by atoms with E-state index < -0.39 is 0 Å². The summed E-state index contributed by atoms with van der Waals surface area (Å²) in [5, 5.41) is 2.09. The van der Waals surface area contributed by atoms with Gasteiger partial charge in [-0.1, -0.05) is 43.7 Å². The molecule has 2 heteroatoms. The Hall–Kier alpha value is -1.41. The topological polar surface area (TPSA) is 17.1 Å². The molecule has 0 saturated carbocycles. The Morgan fingerprint density at radius 3 is 2.53 bits per heavy atom. The minimum absolute atomic E-state index is 0.264. The number of carbonyl (C=O) groups is 1. The average Bonchev–Trinajstić information content (AvgIpc) is 2.93. The van der Waals surface area contributed by atoms with E-state index in [1.807, 2.05) is 12.1 Å². The van der Waals surface area contributed by atoms with Gasteiger partial charge in [0.2, 0.25) is 0 Å². The summed E-state index contributed by atoms with van der Waals surface area (Å²) in [4.78, 5) is 13.4. The molecule has 0 aliphatic heterocycles. The van der Waals surface area contributed by atoms with Crippen molar-refractivity contribution in [1.29, 1.82) is 0 Å². The number of aryl methyl sites for hydroxylation is 2. The molecule has 100 valence electrons. The van der Waals surface area contributed by atoms with Crippen LogP contribution in [0.1, 0.15) is 47.0 Å². The first-order valence-corrected chi connectivity index (χ1v) is 7.82. The van der Waals surface area contributed by atoms with Crippen molar-refractivity contribution in [2.45, 2.75) is 39.0 Å². The van der Waals surface area contributed by atoms with E-state index in [2.05, 4.69) is 36.6 Å². The normalized spacial score (nSPS) is 10.6. The summed E-state index contributed by atoms with van der Waals surface area (Å²) < 4.78 is 0. The fourth-order valence-electron chi connectivity index (χ4n) is 2.17. The van der Waals surface area contributed by atoms with Gasteiger partial charge in [-0.05, 0) is 36.3 Å². The molecule has 0 bridgehead atoms. The monoisotopic (exact) mass is 272 g/mol. The fourth-order valence-corrected chi connectivity index (χ4v) is 2.92. The Bertz CT molecular complexity index is 497. The number of ketones is 1. The van der Waals surface area contributed by atoms with Crippen molar-refractivity contribution in [3.8, 4) is 0 Å². The van der Waals surface area contributed by atoms with Gasteiger partial charge in [-0.15, -0.1) is 11.3 Å². The number of hydrogen-bond donors (Lipinski definition) is 0. The van der Waals surface area contributed by atoms with Gasteiger partial charge >= 0.3 is 0 Å². The summed E-state index contributed by atoms with van der Waals surface area (Å²) in [6, 6.07) is 12.3.